The highest BCUT2D eigenvalue weighted by Gasteiger charge is 2.25. The van der Waals surface area contributed by atoms with Gasteiger partial charge in [0.25, 0.3) is 0 Å². The number of amides is 1. The number of benzene rings is 1. The summed E-state index contributed by atoms with van der Waals surface area (Å²) in [6.45, 7) is 3.50. The van der Waals surface area contributed by atoms with Crippen LogP contribution in [0.5, 0.6) is 5.75 Å². The van der Waals surface area contributed by atoms with Crippen LogP contribution in [0.1, 0.15) is 42.0 Å². The number of aromatic nitrogens is 3. The summed E-state index contributed by atoms with van der Waals surface area (Å²) in [5, 5.41) is 3.17. The number of rotatable bonds is 7. The van der Waals surface area contributed by atoms with Gasteiger partial charge in [0.1, 0.15) is 11.6 Å². The van der Waals surface area contributed by atoms with Crippen LogP contribution in [0.25, 0.3) is 0 Å². The molecule has 1 unspecified atom stereocenters. The monoisotopic (exact) mass is 431 g/mol. The number of nitrogens with zero attached hydrogens (tertiary/aromatic N) is 4. The zero-order valence-corrected chi connectivity index (χ0v) is 18.6. The second-order valence-electron chi connectivity index (χ2n) is 8.18. The minimum atomic E-state index is 0.196. The number of carbonyl (C=O) groups is 1. The number of aryl methyl sites for hydroxylation is 2. The van der Waals surface area contributed by atoms with Gasteiger partial charge < -0.3 is 15.0 Å². The molecular weight excluding hydrogens is 402 g/mol. The van der Waals surface area contributed by atoms with Gasteiger partial charge in [0.2, 0.25) is 11.9 Å². The van der Waals surface area contributed by atoms with Crippen molar-refractivity contribution < 1.29 is 9.53 Å². The van der Waals surface area contributed by atoms with Crippen molar-refractivity contribution in [1.29, 1.82) is 0 Å². The molecule has 0 saturated carbocycles. The van der Waals surface area contributed by atoms with Crippen molar-refractivity contribution in [2.75, 3.05) is 25.5 Å². The van der Waals surface area contributed by atoms with Gasteiger partial charge in [-0.25, -0.2) is 15.0 Å². The molecule has 1 aliphatic heterocycles. The maximum absolute atomic E-state index is 12.9. The highest BCUT2D eigenvalue weighted by Crippen LogP contribution is 2.27. The van der Waals surface area contributed by atoms with Gasteiger partial charge in [0.05, 0.1) is 12.8 Å². The highest BCUT2D eigenvalue weighted by atomic mass is 16.5. The zero-order chi connectivity index (χ0) is 22.3. The fraction of sp³-hybridized carbons (Fsp3) is 0.360. The molecule has 1 aromatic carbocycles. The van der Waals surface area contributed by atoms with Gasteiger partial charge in [-0.2, -0.15) is 0 Å². The molecule has 166 valence electrons. The summed E-state index contributed by atoms with van der Waals surface area (Å²) in [6.07, 6.45) is 6.81. The topological polar surface area (TPSA) is 80.2 Å². The molecule has 7 heteroatoms. The third kappa shape index (κ3) is 5.60. The molecule has 1 amide bonds. The summed E-state index contributed by atoms with van der Waals surface area (Å²) in [4.78, 5) is 28.2. The number of piperidine rings is 1. The molecule has 32 heavy (non-hydrogen) atoms. The van der Waals surface area contributed by atoms with Crippen molar-refractivity contribution in [3.05, 3.63) is 71.7 Å². The fourth-order valence-corrected chi connectivity index (χ4v) is 3.96. The van der Waals surface area contributed by atoms with E-state index < -0.39 is 0 Å². The van der Waals surface area contributed by atoms with Gasteiger partial charge in [-0.3, -0.25) is 4.79 Å². The molecule has 2 aromatic heterocycles. The van der Waals surface area contributed by atoms with E-state index in [1.807, 2.05) is 60.5 Å². The molecular formula is C25H29N5O2. The van der Waals surface area contributed by atoms with Crippen LogP contribution in [0.4, 0.5) is 11.8 Å². The molecule has 1 N–H and O–H groups in total. The molecule has 0 radical (unpaired) electrons. The van der Waals surface area contributed by atoms with Crippen molar-refractivity contribution in [2.45, 2.75) is 38.5 Å². The smallest absolute Gasteiger partial charge is 0.228 e. The van der Waals surface area contributed by atoms with E-state index >= 15 is 0 Å². The third-order valence-electron chi connectivity index (χ3n) is 5.81. The Morgan fingerprint density at radius 3 is 2.75 bits per heavy atom. The van der Waals surface area contributed by atoms with Gasteiger partial charge in [-0.1, -0.05) is 18.2 Å². The summed E-state index contributed by atoms with van der Waals surface area (Å²) in [5.74, 6) is 2.48. The molecule has 1 fully saturated rings. The first-order valence-electron chi connectivity index (χ1n) is 11.0. The van der Waals surface area contributed by atoms with E-state index in [1.165, 1.54) is 0 Å². The number of anilines is 2. The predicted octanol–water partition coefficient (Wildman–Crippen LogP) is 4.27. The van der Waals surface area contributed by atoms with E-state index in [1.54, 1.807) is 13.3 Å². The average Bonchev–Trinajstić information content (AvgIpc) is 2.84. The van der Waals surface area contributed by atoms with Crippen LogP contribution in [-0.2, 0) is 11.2 Å². The van der Waals surface area contributed by atoms with Crippen molar-refractivity contribution >= 4 is 17.7 Å². The van der Waals surface area contributed by atoms with E-state index in [2.05, 4.69) is 15.3 Å². The Bertz CT molecular complexity index is 1040. The van der Waals surface area contributed by atoms with Crippen LogP contribution in [0.15, 0.2) is 54.9 Å². The van der Waals surface area contributed by atoms with Crippen LogP contribution >= 0.6 is 0 Å². The molecule has 7 nitrogen and oxygen atoms in total. The normalized spacial score (nSPS) is 15.9. The molecule has 4 rings (SSSR count). The summed E-state index contributed by atoms with van der Waals surface area (Å²) in [6, 6.07) is 13.8. The quantitative estimate of drug-likeness (QED) is 0.602. The number of hydrogen-bond donors (Lipinski definition) is 1. The van der Waals surface area contributed by atoms with E-state index in [4.69, 9.17) is 9.72 Å². The van der Waals surface area contributed by atoms with Crippen LogP contribution in [0, 0.1) is 6.92 Å². The van der Waals surface area contributed by atoms with Crippen molar-refractivity contribution in [3.63, 3.8) is 0 Å². The maximum Gasteiger partial charge on any atom is 0.228 e. The van der Waals surface area contributed by atoms with Crippen LogP contribution in [0.2, 0.25) is 0 Å². The summed E-state index contributed by atoms with van der Waals surface area (Å²) >= 11 is 0. The van der Waals surface area contributed by atoms with Gasteiger partial charge in [0.15, 0.2) is 0 Å². The lowest BCUT2D eigenvalue weighted by molar-refractivity contribution is -0.132. The van der Waals surface area contributed by atoms with Crippen molar-refractivity contribution in [3.8, 4) is 5.75 Å². The second-order valence-corrected chi connectivity index (χ2v) is 8.18. The molecule has 0 bridgehead atoms. The van der Waals surface area contributed by atoms with E-state index in [0.717, 1.165) is 48.4 Å². The standard InChI is InChI=1S/C25H29N5O2/c1-18-5-11-23(27-16-18)29-25-26-14-13-22(28-25)20-4-3-15-30(17-20)24(31)12-8-19-6-9-21(32-2)10-7-19/h5-7,9-11,13-14,16,20H,3-4,8,12,15,17H2,1-2H3,(H,26,27,28,29). The number of likely N-dealkylation sites (tertiary alicyclic amines) is 1. The Labute approximate surface area is 188 Å². The molecule has 1 aliphatic rings. The number of carbonyl (C=O) groups excluding carboxylic acids is 1. The summed E-state index contributed by atoms with van der Waals surface area (Å²) in [5.41, 5.74) is 3.20. The van der Waals surface area contributed by atoms with Gasteiger partial charge in [0, 0.05) is 37.8 Å². The number of hydrogen-bond acceptors (Lipinski definition) is 6. The highest BCUT2D eigenvalue weighted by molar-refractivity contribution is 5.76. The van der Waals surface area contributed by atoms with Gasteiger partial charge in [-0.05, 0) is 61.6 Å². The molecule has 1 saturated heterocycles. The van der Waals surface area contributed by atoms with Crippen molar-refractivity contribution in [1.82, 2.24) is 19.9 Å². The van der Waals surface area contributed by atoms with E-state index in [9.17, 15) is 4.79 Å². The van der Waals surface area contributed by atoms with Crippen LogP contribution in [-0.4, -0.2) is 46.0 Å². The lowest BCUT2D eigenvalue weighted by Gasteiger charge is -2.32. The molecule has 0 aliphatic carbocycles. The Balaban J connectivity index is 1.35. The molecule has 3 heterocycles. The van der Waals surface area contributed by atoms with Crippen molar-refractivity contribution in [2.24, 2.45) is 0 Å². The lowest BCUT2D eigenvalue weighted by Crippen LogP contribution is -2.39. The Kier molecular flexibility index (Phi) is 6.94. The summed E-state index contributed by atoms with van der Waals surface area (Å²) < 4.78 is 5.20. The third-order valence-corrected chi connectivity index (χ3v) is 5.81. The molecule has 0 spiro atoms. The minimum absolute atomic E-state index is 0.196. The second kappa shape index (κ2) is 10.2. The van der Waals surface area contributed by atoms with Gasteiger partial charge in [-0.15, -0.1) is 0 Å². The first kappa shape index (κ1) is 21.7. The van der Waals surface area contributed by atoms with Gasteiger partial charge >= 0.3 is 0 Å². The Hall–Kier alpha value is -3.48. The maximum atomic E-state index is 12.9. The first-order chi connectivity index (χ1) is 15.6. The Morgan fingerprint density at radius 1 is 1.16 bits per heavy atom. The number of methoxy groups -OCH3 is 1. The number of ether oxygens (including phenoxy) is 1. The summed E-state index contributed by atoms with van der Waals surface area (Å²) in [7, 11) is 1.65. The average molecular weight is 432 g/mol. The fourth-order valence-electron chi connectivity index (χ4n) is 3.96. The van der Waals surface area contributed by atoms with Crippen LogP contribution < -0.4 is 10.1 Å². The molecule has 1 atom stereocenters. The molecule has 3 aromatic rings. The number of pyridine rings is 1. The SMILES string of the molecule is COc1ccc(CCC(=O)N2CCCC(c3ccnc(Nc4ccc(C)cn4)n3)C2)cc1. The Morgan fingerprint density at radius 2 is 2.00 bits per heavy atom. The van der Waals surface area contributed by atoms with Crippen LogP contribution in [0.3, 0.4) is 0 Å². The number of nitrogens with one attached hydrogen (secondary N) is 1. The van der Waals surface area contributed by atoms with E-state index in [0.29, 0.717) is 24.7 Å². The largest absolute Gasteiger partial charge is 0.497 e. The first-order valence-corrected chi connectivity index (χ1v) is 11.0. The predicted molar refractivity (Wildman–Crippen MR) is 124 cm³/mol. The lowest BCUT2D eigenvalue weighted by atomic mass is 9.94. The van der Waals surface area contributed by atoms with E-state index in [-0.39, 0.29) is 11.8 Å². The zero-order valence-electron chi connectivity index (χ0n) is 18.6. The minimum Gasteiger partial charge on any atom is -0.497 e.